The van der Waals surface area contributed by atoms with Crippen LogP contribution in [-0.4, -0.2) is 33.4 Å². The van der Waals surface area contributed by atoms with Gasteiger partial charge in [-0.25, -0.2) is 9.97 Å². The first kappa shape index (κ1) is 16.0. The Morgan fingerprint density at radius 3 is 1.91 bits per heavy atom. The maximum absolute atomic E-state index is 12.3. The molecule has 0 aliphatic heterocycles. The zero-order chi connectivity index (χ0) is 16.4. The van der Waals surface area contributed by atoms with Gasteiger partial charge in [0.25, 0.3) is 6.10 Å². The van der Waals surface area contributed by atoms with E-state index in [1.165, 1.54) is 12.4 Å². The zero-order valence-corrected chi connectivity index (χ0v) is 10.6. The Morgan fingerprint density at radius 1 is 0.864 bits per heavy atom. The van der Waals surface area contributed by atoms with Crippen molar-refractivity contribution in [3.05, 3.63) is 36.9 Å². The lowest BCUT2D eigenvalue weighted by Gasteiger charge is -2.23. The van der Waals surface area contributed by atoms with Gasteiger partial charge in [-0.3, -0.25) is 4.98 Å². The molecule has 2 aromatic heterocycles. The van der Waals surface area contributed by atoms with Crippen molar-refractivity contribution in [2.45, 2.75) is 18.5 Å². The van der Waals surface area contributed by atoms with Crippen LogP contribution in [0, 0.1) is 0 Å². The maximum Gasteiger partial charge on any atom is 0.434 e. The van der Waals surface area contributed by atoms with Gasteiger partial charge in [-0.1, -0.05) is 0 Å². The third-order valence-corrected chi connectivity index (χ3v) is 2.44. The monoisotopic (exact) mass is 323 g/mol. The topological polar surface area (TPSA) is 47.9 Å². The van der Waals surface area contributed by atoms with Crippen LogP contribution in [0.15, 0.2) is 36.9 Å². The van der Waals surface area contributed by atoms with Crippen LogP contribution in [0.5, 0.6) is 5.88 Å². The van der Waals surface area contributed by atoms with E-state index < -0.39 is 24.3 Å². The minimum Gasteiger partial charge on any atom is -0.454 e. The second kappa shape index (κ2) is 5.78. The average molecular weight is 323 g/mol. The molecule has 0 amide bonds. The Morgan fingerprint density at radius 2 is 1.45 bits per heavy atom. The molecule has 4 nitrogen and oxygen atoms in total. The number of alkyl halides is 6. The van der Waals surface area contributed by atoms with Crippen molar-refractivity contribution >= 4 is 0 Å². The summed E-state index contributed by atoms with van der Waals surface area (Å²) in [7, 11) is 0. The van der Waals surface area contributed by atoms with Gasteiger partial charge in [0.05, 0.1) is 18.1 Å². The number of hydrogen-bond acceptors (Lipinski definition) is 4. The van der Waals surface area contributed by atoms with E-state index in [0.717, 1.165) is 6.20 Å². The summed E-state index contributed by atoms with van der Waals surface area (Å²) in [6, 6.07) is 3.11. The summed E-state index contributed by atoms with van der Waals surface area (Å²) in [6.45, 7) is 0. The van der Waals surface area contributed by atoms with E-state index >= 15 is 0 Å². The van der Waals surface area contributed by atoms with E-state index in [1.54, 1.807) is 12.1 Å². The maximum atomic E-state index is 12.3. The molecule has 0 saturated carbocycles. The molecule has 118 valence electrons. The van der Waals surface area contributed by atoms with Gasteiger partial charge in [-0.05, 0) is 12.1 Å². The van der Waals surface area contributed by atoms with Crippen LogP contribution in [0.25, 0.3) is 11.3 Å². The van der Waals surface area contributed by atoms with E-state index in [0.29, 0.717) is 11.8 Å². The Hall–Kier alpha value is -2.39. The molecule has 0 aromatic carbocycles. The first-order valence-corrected chi connectivity index (χ1v) is 5.70. The van der Waals surface area contributed by atoms with Gasteiger partial charge in [0.1, 0.15) is 0 Å². The molecule has 2 aromatic rings. The van der Waals surface area contributed by atoms with Gasteiger partial charge in [0.2, 0.25) is 5.88 Å². The molecule has 0 bridgehead atoms. The normalized spacial score (nSPS) is 12.5. The first-order valence-electron chi connectivity index (χ1n) is 5.70. The number of hydrogen-bond donors (Lipinski definition) is 0. The predicted octanol–water partition coefficient (Wildman–Crippen LogP) is 3.41. The SMILES string of the molecule is FC(F)(F)C(Oc1cnc(-c2ccncc2)cn1)C(F)(F)F. The Balaban J connectivity index is 2.20. The summed E-state index contributed by atoms with van der Waals surface area (Å²) in [5.41, 5.74) is 0.808. The summed E-state index contributed by atoms with van der Waals surface area (Å²) in [4.78, 5) is 10.9. The molecular weight excluding hydrogens is 316 g/mol. The Kier molecular flexibility index (Phi) is 4.20. The lowest BCUT2D eigenvalue weighted by Crippen LogP contribution is -2.46. The van der Waals surface area contributed by atoms with Crippen LogP contribution in [0.4, 0.5) is 26.3 Å². The van der Waals surface area contributed by atoms with Crippen molar-refractivity contribution in [2.24, 2.45) is 0 Å². The number of nitrogens with zero attached hydrogens (tertiary/aromatic N) is 3. The van der Waals surface area contributed by atoms with E-state index in [4.69, 9.17) is 0 Å². The molecule has 0 aliphatic rings. The second-order valence-electron chi connectivity index (χ2n) is 4.06. The lowest BCUT2D eigenvalue weighted by molar-refractivity contribution is -0.300. The molecule has 0 unspecified atom stereocenters. The highest BCUT2D eigenvalue weighted by atomic mass is 19.4. The van der Waals surface area contributed by atoms with E-state index in [9.17, 15) is 26.3 Å². The summed E-state index contributed by atoms with van der Waals surface area (Å²) < 4.78 is 78.0. The number of pyridine rings is 1. The fourth-order valence-corrected chi connectivity index (χ4v) is 1.49. The Labute approximate surface area is 119 Å². The van der Waals surface area contributed by atoms with Crippen molar-refractivity contribution in [3.8, 4) is 17.1 Å². The van der Waals surface area contributed by atoms with Crippen LogP contribution in [0.2, 0.25) is 0 Å². The average Bonchev–Trinajstić information content (AvgIpc) is 2.44. The van der Waals surface area contributed by atoms with Gasteiger partial charge in [-0.15, -0.1) is 0 Å². The fourth-order valence-electron chi connectivity index (χ4n) is 1.49. The lowest BCUT2D eigenvalue weighted by atomic mass is 10.2. The molecule has 0 radical (unpaired) electrons. The smallest absolute Gasteiger partial charge is 0.434 e. The molecule has 10 heteroatoms. The van der Waals surface area contributed by atoms with Crippen LogP contribution >= 0.6 is 0 Å². The van der Waals surface area contributed by atoms with E-state index in [2.05, 4.69) is 19.7 Å². The molecule has 2 rings (SSSR count). The van der Waals surface area contributed by atoms with E-state index in [-0.39, 0.29) is 5.69 Å². The highest BCUT2D eigenvalue weighted by Crippen LogP contribution is 2.36. The van der Waals surface area contributed by atoms with E-state index in [1.807, 2.05) is 0 Å². The van der Waals surface area contributed by atoms with Gasteiger partial charge < -0.3 is 4.74 Å². The van der Waals surface area contributed by atoms with Crippen molar-refractivity contribution in [1.82, 2.24) is 15.0 Å². The molecule has 0 fully saturated rings. The predicted molar refractivity (Wildman–Crippen MR) is 61.8 cm³/mol. The van der Waals surface area contributed by atoms with Gasteiger partial charge in [0.15, 0.2) is 0 Å². The fraction of sp³-hybridized carbons (Fsp3) is 0.250. The summed E-state index contributed by atoms with van der Waals surface area (Å²) >= 11 is 0. The number of ether oxygens (including phenoxy) is 1. The molecule has 2 heterocycles. The van der Waals surface area contributed by atoms with Crippen molar-refractivity contribution in [3.63, 3.8) is 0 Å². The minimum atomic E-state index is -5.61. The molecular formula is C12H7F6N3O. The number of aromatic nitrogens is 3. The molecule has 0 atom stereocenters. The second-order valence-corrected chi connectivity index (χ2v) is 4.06. The van der Waals surface area contributed by atoms with Crippen molar-refractivity contribution < 1.29 is 31.1 Å². The van der Waals surface area contributed by atoms with Crippen LogP contribution in [0.3, 0.4) is 0 Å². The molecule has 0 spiro atoms. The van der Waals surface area contributed by atoms with Gasteiger partial charge in [0, 0.05) is 18.0 Å². The first-order chi connectivity index (χ1) is 10.2. The van der Waals surface area contributed by atoms with Crippen LogP contribution in [0.1, 0.15) is 0 Å². The standard InChI is InChI=1S/C12H7F6N3O/c13-11(14,15)10(12(16,17)18)22-9-6-20-8(5-21-9)7-1-3-19-4-2-7/h1-6,10H. The highest BCUT2D eigenvalue weighted by Gasteiger charge is 2.59. The largest absolute Gasteiger partial charge is 0.454 e. The zero-order valence-electron chi connectivity index (χ0n) is 10.6. The summed E-state index contributed by atoms with van der Waals surface area (Å²) in [5.74, 6) is -0.877. The molecule has 22 heavy (non-hydrogen) atoms. The molecule has 0 aliphatic carbocycles. The van der Waals surface area contributed by atoms with Crippen LogP contribution < -0.4 is 4.74 Å². The van der Waals surface area contributed by atoms with Gasteiger partial charge in [-0.2, -0.15) is 26.3 Å². The molecule has 0 N–H and O–H groups in total. The van der Waals surface area contributed by atoms with Crippen molar-refractivity contribution in [2.75, 3.05) is 0 Å². The summed E-state index contributed by atoms with van der Waals surface area (Å²) in [5, 5.41) is 0. The van der Waals surface area contributed by atoms with Crippen LogP contribution in [-0.2, 0) is 0 Å². The summed E-state index contributed by atoms with van der Waals surface area (Å²) in [6.07, 6.45) is -10.6. The number of halogens is 6. The van der Waals surface area contributed by atoms with Crippen molar-refractivity contribution in [1.29, 1.82) is 0 Å². The highest BCUT2D eigenvalue weighted by molar-refractivity contribution is 5.56. The number of rotatable bonds is 3. The third kappa shape index (κ3) is 3.83. The third-order valence-electron chi connectivity index (χ3n) is 2.44. The Bertz CT molecular complexity index is 597. The quantitative estimate of drug-likeness (QED) is 0.812. The van der Waals surface area contributed by atoms with Gasteiger partial charge >= 0.3 is 12.4 Å². The molecule has 0 saturated heterocycles. The minimum absolute atomic E-state index is 0.255.